The van der Waals surface area contributed by atoms with Crippen molar-refractivity contribution in [2.45, 2.75) is 26.3 Å². The van der Waals surface area contributed by atoms with Crippen molar-refractivity contribution in [3.63, 3.8) is 0 Å². The monoisotopic (exact) mass is 487 g/mol. The summed E-state index contributed by atoms with van der Waals surface area (Å²) in [5.41, 5.74) is 2.94. The van der Waals surface area contributed by atoms with Crippen LogP contribution in [0.4, 0.5) is 5.13 Å². The molecular weight excluding hydrogens is 465 g/mol. The summed E-state index contributed by atoms with van der Waals surface area (Å²) in [6.07, 6.45) is 2.67. The van der Waals surface area contributed by atoms with Crippen molar-refractivity contribution in [1.82, 2.24) is 9.97 Å². The Kier molecular flexibility index (Phi) is 8.56. The van der Waals surface area contributed by atoms with Crippen LogP contribution < -0.4 is 4.90 Å². The van der Waals surface area contributed by atoms with Gasteiger partial charge in [0.05, 0.1) is 23.4 Å². The third-order valence-electron chi connectivity index (χ3n) is 5.02. The molecule has 0 unspecified atom stereocenters. The molecule has 1 aromatic carbocycles. The number of hydrogen-bond donors (Lipinski definition) is 1. The van der Waals surface area contributed by atoms with E-state index in [1.54, 1.807) is 0 Å². The van der Waals surface area contributed by atoms with Gasteiger partial charge in [-0.2, -0.15) is 0 Å². The zero-order valence-corrected chi connectivity index (χ0v) is 19.2. The van der Waals surface area contributed by atoms with Gasteiger partial charge in [0.25, 0.3) is 5.91 Å². The molecule has 3 heterocycles. The van der Waals surface area contributed by atoms with E-state index in [0.717, 1.165) is 16.1 Å². The number of benzene rings is 1. The minimum absolute atomic E-state index is 0. The van der Waals surface area contributed by atoms with E-state index in [1.165, 1.54) is 51.6 Å². The first kappa shape index (κ1) is 25.3. The Balaban J connectivity index is 0.00000306. The zero-order chi connectivity index (χ0) is 22.7. The number of hydrogen-bond acceptors (Lipinski definition) is 6. The van der Waals surface area contributed by atoms with E-state index in [4.69, 9.17) is 4.98 Å². The molecule has 164 valence electrons. The van der Waals surface area contributed by atoms with Gasteiger partial charge in [-0.15, -0.1) is 22.7 Å². The average molecular weight is 488 g/mol. The molecule has 0 radical (unpaired) electrons. The molecule has 0 saturated heterocycles. The Labute approximate surface area is 222 Å². The second-order valence-corrected chi connectivity index (χ2v) is 9.36. The number of carboxylic acid groups (broad SMARTS) is 1. The predicted octanol–water partition coefficient (Wildman–Crippen LogP) is 5.29. The molecule has 0 saturated carbocycles. The molecule has 0 aliphatic rings. The maximum absolute atomic E-state index is 13.5. The molecule has 3 aromatic heterocycles. The van der Waals surface area contributed by atoms with Crippen LogP contribution in [0.25, 0.3) is 11.3 Å². The third kappa shape index (κ3) is 5.77. The van der Waals surface area contributed by atoms with Gasteiger partial charge in [-0.3, -0.25) is 14.7 Å². The van der Waals surface area contributed by atoms with Gasteiger partial charge < -0.3 is 5.11 Å². The molecule has 0 spiro atoms. The molecule has 0 atom stereocenters. The van der Waals surface area contributed by atoms with E-state index in [1.807, 2.05) is 35.0 Å². The fraction of sp³-hybridized carbons (Fsp3) is 0.167. The number of pyridine rings is 1. The van der Waals surface area contributed by atoms with Crippen molar-refractivity contribution >= 4 is 69.2 Å². The molecule has 1 amide bonds. The molecule has 4 rings (SSSR count). The summed E-state index contributed by atoms with van der Waals surface area (Å²) in [7, 11) is 0. The summed E-state index contributed by atoms with van der Waals surface area (Å²) in [6, 6.07) is 13.4. The number of aromatic carboxylic acids is 1. The quantitative estimate of drug-likeness (QED) is 0.358. The van der Waals surface area contributed by atoms with Gasteiger partial charge in [-0.25, -0.2) is 9.78 Å². The van der Waals surface area contributed by atoms with E-state index in [2.05, 4.69) is 31.0 Å². The summed E-state index contributed by atoms with van der Waals surface area (Å²) in [5.74, 6) is -1.17. The van der Waals surface area contributed by atoms with Crippen LogP contribution in [-0.4, -0.2) is 56.5 Å². The second-order valence-electron chi connectivity index (χ2n) is 7.49. The predicted molar refractivity (Wildman–Crippen MR) is 135 cm³/mol. The minimum atomic E-state index is -1.17. The van der Waals surface area contributed by atoms with Crippen molar-refractivity contribution in [1.29, 1.82) is 0 Å². The van der Waals surface area contributed by atoms with Gasteiger partial charge in [-0.05, 0) is 29.0 Å². The van der Waals surface area contributed by atoms with Gasteiger partial charge in [0.2, 0.25) is 0 Å². The Bertz CT molecular complexity index is 1240. The normalized spacial score (nSPS) is 10.6. The first-order valence-electron chi connectivity index (χ1n) is 10.0. The summed E-state index contributed by atoms with van der Waals surface area (Å²) in [4.78, 5) is 36.3. The molecule has 33 heavy (non-hydrogen) atoms. The Morgan fingerprint density at radius 3 is 2.45 bits per heavy atom. The molecule has 4 aromatic rings. The number of aromatic nitrogens is 2. The number of carbonyl (C=O) groups excluding carboxylic acids is 1. The zero-order valence-electron chi connectivity index (χ0n) is 17.6. The van der Waals surface area contributed by atoms with Crippen LogP contribution in [0.3, 0.4) is 0 Å². The van der Waals surface area contributed by atoms with Crippen LogP contribution in [-0.2, 0) is 6.54 Å². The number of thiophene rings is 1. The number of rotatable bonds is 7. The van der Waals surface area contributed by atoms with Gasteiger partial charge in [0, 0.05) is 28.2 Å². The van der Waals surface area contributed by atoms with Crippen LogP contribution in [0.2, 0.25) is 0 Å². The van der Waals surface area contributed by atoms with Gasteiger partial charge in [-0.1, -0.05) is 44.2 Å². The van der Waals surface area contributed by atoms with Crippen LogP contribution >= 0.6 is 22.7 Å². The van der Waals surface area contributed by atoms with E-state index in [-0.39, 0.29) is 40.7 Å². The molecular formula is C24H22N3NaO3S2. The molecule has 9 heteroatoms. The summed E-state index contributed by atoms with van der Waals surface area (Å²) >= 11 is 2.88. The van der Waals surface area contributed by atoms with Crippen molar-refractivity contribution in [3.8, 4) is 11.3 Å². The molecule has 6 nitrogen and oxygen atoms in total. The molecule has 1 N–H and O–H groups in total. The number of amides is 1. The number of carboxylic acids is 1. The van der Waals surface area contributed by atoms with Crippen LogP contribution in [0.5, 0.6) is 0 Å². The molecule has 0 bridgehead atoms. The first-order valence-corrected chi connectivity index (χ1v) is 11.8. The van der Waals surface area contributed by atoms with Crippen LogP contribution in [0, 0.1) is 0 Å². The molecule has 0 aliphatic carbocycles. The standard InChI is InChI=1S/C24H21N3O3S2.Na.H/c1-15(2)16-5-7-17(8-6-16)21-14-32-24(26-21)27(13-18-4-3-11-31-18)22(28)20-12-25-10-9-19(20)23(29)30;;/h3-12,14-15H,13H2,1-2H3,(H,29,30);;. The Morgan fingerprint density at radius 2 is 1.82 bits per heavy atom. The van der Waals surface area contributed by atoms with E-state index >= 15 is 0 Å². The van der Waals surface area contributed by atoms with Gasteiger partial charge in [0.1, 0.15) is 0 Å². The van der Waals surface area contributed by atoms with E-state index in [0.29, 0.717) is 17.6 Å². The van der Waals surface area contributed by atoms with Crippen molar-refractivity contribution < 1.29 is 14.7 Å². The Morgan fingerprint density at radius 1 is 1.06 bits per heavy atom. The third-order valence-corrected chi connectivity index (χ3v) is 6.74. The fourth-order valence-electron chi connectivity index (χ4n) is 3.24. The van der Waals surface area contributed by atoms with Crippen LogP contribution in [0.15, 0.2) is 65.6 Å². The molecule has 0 aliphatic heterocycles. The number of nitrogens with zero attached hydrogens (tertiary/aromatic N) is 3. The van der Waals surface area contributed by atoms with E-state index < -0.39 is 11.9 Å². The van der Waals surface area contributed by atoms with Crippen LogP contribution in [0.1, 0.15) is 50.9 Å². The topological polar surface area (TPSA) is 83.4 Å². The summed E-state index contributed by atoms with van der Waals surface area (Å²) in [6.45, 7) is 4.59. The van der Waals surface area contributed by atoms with E-state index in [9.17, 15) is 14.7 Å². The number of anilines is 1. The van der Waals surface area contributed by atoms with Gasteiger partial charge in [0.15, 0.2) is 5.13 Å². The average Bonchev–Trinajstić information content (AvgIpc) is 3.49. The van der Waals surface area contributed by atoms with Crippen molar-refractivity contribution in [2.75, 3.05) is 4.90 Å². The first-order chi connectivity index (χ1) is 15.4. The summed E-state index contributed by atoms with van der Waals surface area (Å²) < 4.78 is 0. The summed E-state index contributed by atoms with van der Waals surface area (Å²) in [5, 5.41) is 13.9. The number of thiazole rings is 1. The molecule has 0 fully saturated rings. The fourth-order valence-corrected chi connectivity index (χ4v) is 4.77. The van der Waals surface area contributed by atoms with Crippen molar-refractivity contribution in [3.05, 3.63) is 87.2 Å². The SMILES string of the molecule is CC(C)c1ccc(-c2csc(N(Cc3cccs3)C(=O)c3cnccc3C(=O)O)n2)cc1.[NaH]. The Hall–Kier alpha value is -2.36. The number of carbonyl (C=O) groups is 2. The second kappa shape index (κ2) is 11.2. The van der Waals surface area contributed by atoms with Gasteiger partial charge >= 0.3 is 35.5 Å². The van der Waals surface area contributed by atoms with Crippen molar-refractivity contribution in [2.24, 2.45) is 0 Å². The maximum atomic E-state index is 13.5.